The van der Waals surface area contributed by atoms with E-state index in [9.17, 15) is 0 Å². The van der Waals surface area contributed by atoms with E-state index < -0.39 is 0 Å². The first kappa shape index (κ1) is 13.6. The van der Waals surface area contributed by atoms with Gasteiger partial charge in [0, 0.05) is 6.54 Å². The monoisotopic (exact) mass is 245 g/mol. The van der Waals surface area contributed by atoms with Crippen molar-refractivity contribution in [1.82, 2.24) is 5.32 Å². The van der Waals surface area contributed by atoms with Crippen LogP contribution in [0.4, 0.5) is 0 Å². The Morgan fingerprint density at radius 3 is 2.33 bits per heavy atom. The van der Waals surface area contributed by atoms with Gasteiger partial charge >= 0.3 is 0 Å². The average Bonchev–Trinajstić information content (AvgIpc) is 3.23. The highest BCUT2D eigenvalue weighted by Crippen LogP contribution is 2.59. The van der Waals surface area contributed by atoms with Crippen LogP contribution in [0.1, 0.15) is 51.5 Å². The Morgan fingerprint density at radius 2 is 1.78 bits per heavy atom. The van der Waals surface area contributed by atoms with E-state index in [-0.39, 0.29) is 0 Å². The summed E-state index contributed by atoms with van der Waals surface area (Å²) in [6.07, 6.45) is 3.98. The molecule has 1 nitrogen and oxygen atoms in total. The van der Waals surface area contributed by atoms with Crippen LogP contribution in [0, 0.1) is 11.3 Å². The minimum Gasteiger partial charge on any atom is -0.316 e. The van der Waals surface area contributed by atoms with Gasteiger partial charge in [0.15, 0.2) is 0 Å². The van der Waals surface area contributed by atoms with Gasteiger partial charge in [-0.3, -0.25) is 0 Å². The van der Waals surface area contributed by atoms with Crippen LogP contribution in [0.3, 0.4) is 0 Å². The number of nitrogens with one attached hydrogen (secondary N) is 1. The summed E-state index contributed by atoms with van der Waals surface area (Å²) in [5, 5.41) is 3.58. The Hall–Kier alpha value is -0.820. The summed E-state index contributed by atoms with van der Waals surface area (Å²) in [7, 11) is 0. The summed E-state index contributed by atoms with van der Waals surface area (Å²) in [6, 6.07) is 11.1. The number of rotatable bonds is 7. The second-order valence-electron chi connectivity index (χ2n) is 5.71. The van der Waals surface area contributed by atoms with E-state index >= 15 is 0 Å². The molecule has 1 aliphatic carbocycles. The summed E-state index contributed by atoms with van der Waals surface area (Å²) in [4.78, 5) is 0. The average molecular weight is 245 g/mol. The van der Waals surface area contributed by atoms with Crippen molar-refractivity contribution in [3.8, 4) is 0 Å². The molecular formula is C17H27N. The molecule has 0 saturated heterocycles. The Kier molecular flexibility index (Phi) is 4.45. The lowest BCUT2D eigenvalue weighted by Crippen LogP contribution is -2.35. The van der Waals surface area contributed by atoms with E-state index in [1.165, 1.54) is 25.8 Å². The standard InChI is InChI=1S/C17H27N/c1-4-17(5-2,13-18-6-3)16-12-15(16)14-10-8-7-9-11-14/h7-11,15-16,18H,4-6,12-13H2,1-3H3. The van der Waals surface area contributed by atoms with Crippen molar-refractivity contribution in [3.05, 3.63) is 35.9 Å². The molecule has 2 atom stereocenters. The molecule has 2 unspecified atom stereocenters. The predicted octanol–water partition coefficient (Wildman–Crippen LogP) is 4.21. The molecule has 1 fully saturated rings. The van der Waals surface area contributed by atoms with Crippen molar-refractivity contribution in [2.75, 3.05) is 13.1 Å². The second kappa shape index (κ2) is 5.88. The van der Waals surface area contributed by atoms with Gasteiger partial charge in [0.1, 0.15) is 0 Å². The van der Waals surface area contributed by atoms with E-state index in [0.29, 0.717) is 5.41 Å². The first-order valence-corrected chi connectivity index (χ1v) is 7.53. The highest BCUT2D eigenvalue weighted by molar-refractivity contribution is 5.27. The molecule has 0 amide bonds. The molecule has 0 bridgehead atoms. The normalized spacial score (nSPS) is 23.1. The molecule has 1 aromatic carbocycles. The first-order chi connectivity index (χ1) is 8.77. The molecule has 1 heteroatoms. The predicted molar refractivity (Wildman–Crippen MR) is 78.8 cm³/mol. The number of benzene rings is 1. The van der Waals surface area contributed by atoms with Crippen LogP contribution in [-0.2, 0) is 0 Å². The molecule has 0 radical (unpaired) electrons. The fraction of sp³-hybridized carbons (Fsp3) is 0.647. The van der Waals surface area contributed by atoms with E-state index in [4.69, 9.17) is 0 Å². The van der Waals surface area contributed by atoms with Crippen molar-refractivity contribution < 1.29 is 0 Å². The Bertz CT molecular complexity index is 353. The lowest BCUT2D eigenvalue weighted by Gasteiger charge is -2.33. The molecule has 1 saturated carbocycles. The van der Waals surface area contributed by atoms with E-state index in [1.54, 1.807) is 5.56 Å². The minimum atomic E-state index is 0.510. The van der Waals surface area contributed by atoms with Crippen molar-refractivity contribution in [2.45, 2.75) is 46.0 Å². The quantitative estimate of drug-likeness (QED) is 0.759. The van der Waals surface area contributed by atoms with Gasteiger partial charge in [-0.15, -0.1) is 0 Å². The number of hydrogen-bond acceptors (Lipinski definition) is 1. The molecule has 0 aliphatic heterocycles. The maximum Gasteiger partial charge on any atom is 0.00104 e. The molecule has 1 N–H and O–H groups in total. The first-order valence-electron chi connectivity index (χ1n) is 7.53. The largest absolute Gasteiger partial charge is 0.316 e. The summed E-state index contributed by atoms with van der Waals surface area (Å²) in [6.45, 7) is 9.20. The summed E-state index contributed by atoms with van der Waals surface area (Å²) < 4.78 is 0. The van der Waals surface area contributed by atoms with Crippen molar-refractivity contribution in [2.24, 2.45) is 11.3 Å². The van der Waals surface area contributed by atoms with Crippen LogP contribution in [0.5, 0.6) is 0 Å². The zero-order valence-electron chi connectivity index (χ0n) is 12.1. The van der Waals surface area contributed by atoms with Gasteiger partial charge in [-0.1, -0.05) is 51.1 Å². The van der Waals surface area contributed by atoms with Crippen LogP contribution in [-0.4, -0.2) is 13.1 Å². The third kappa shape index (κ3) is 2.61. The van der Waals surface area contributed by atoms with E-state index in [1.807, 2.05) is 0 Å². The maximum absolute atomic E-state index is 3.58. The second-order valence-corrected chi connectivity index (χ2v) is 5.71. The molecule has 2 rings (SSSR count). The Balaban J connectivity index is 2.06. The molecule has 1 aromatic rings. The molecule has 100 valence electrons. The van der Waals surface area contributed by atoms with Crippen LogP contribution in [0.15, 0.2) is 30.3 Å². The van der Waals surface area contributed by atoms with Crippen molar-refractivity contribution >= 4 is 0 Å². The van der Waals surface area contributed by atoms with Crippen LogP contribution >= 0.6 is 0 Å². The van der Waals surface area contributed by atoms with Gasteiger partial charge in [-0.05, 0) is 48.6 Å². The van der Waals surface area contributed by atoms with Gasteiger partial charge in [0.25, 0.3) is 0 Å². The van der Waals surface area contributed by atoms with Crippen LogP contribution in [0.2, 0.25) is 0 Å². The topological polar surface area (TPSA) is 12.0 Å². The smallest absolute Gasteiger partial charge is 0.00104 e. The number of hydrogen-bond donors (Lipinski definition) is 1. The summed E-state index contributed by atoms with van der Waals surface area (Å²) in [5.74, 6) is 1.69. The fourth-order valence-electron chi connectivity index (χ4n) is 3.47. The van der Waals surface area contributed by atoms with Gasteiger partial charge in [-0.2, -0.15) is 0 Å². The summed E-state index contributed by atoms with van der Waals surface area (Å²) >= 11 is 0. The highest BCUT2D eigenvalue weighted by Gasteiger charge is 2.50. The van der Waals surface area contributed by atoms with Gasteiger partial charge in [0.2, 0.25) is 0 Å². The molecule has 0 spiro atoms. The Labute approximate surface area is 112 Å². The van der Waals surface area contributed by atoms with Crippen molar-refractivity contribution in [1.29, 1.82) is 0 Å². The van der Waals surface area contributed by atoms with Crippen molar-refractivity contribution in [3.63, 3.8) is 0 Å². The SMILES string of the molecule is CCNCC(CC)(CC)C1CC1c1ccccc1. The van der Waals surface area contributed by atoms with E-state index in [0.717, 1.165) is 18.4 Å². The molecule has 0 aromatic heterocycles. The summed E-state index contributed by atoms with van der Waals surface area (Å²) in [5.41, 5.74) is 2.06. The zero-order valence-corrected chi connectivity index (χ0v) is 12.1. The van der Waals surface area contributed by atoms with Gasteiger partial charge in [0.05, 0.1) is 0 Å². The highest BCUT2D eigenvalue weighted by atomic mass is 14.9. The molecule has 1 aliphatic rings. The van der Waals surface area contributed by atoms with E-state index in [2.05, 4.69) is 56.4 Å². The van der Waals surface area contributed by atoms with Crippen LogP contribution < -0.4 is 5.32 Å². The van der Waals surface area contributed by atoms with Gasteiger partial charge in [-0.25, -0.2) is 0 Å². The third-order valence-electron chi connectivity index (χ3n) is 4.94. The lowest BCUT2D eigenvalue weighted by molar-refractivity contribution is 0.204. The lowest BCUT2D eigenvalue weighted by atomic mass is 9.76. The Morgan fingerprint density at radius 1 is 1.11 bits per heavy atom. The molecule has 0 heterocycles. The van der Waals surface area contributed by atoms with Gasteiger partial charge < -0.3 is 5.32 Å². The van der Waals surface area contributed by atoms with Crippen LogP contribution in [0.25, 0.3) is 0 Å². The molecule has 18 heavy (non-hydrogen) atoms. The fourth-order valence-corrected chi connectivity index (χ4v) is 3.47. The zero-order chi connectivity index (χ0) is 13.0. The maximum atomic E-state index is 3.58. The third-order valence-corrected chi connectivity index (χ3v) is 4.94. The molecular weight excluding hydrogens is 218 g/mol. The minimum absolute atomic E-state index is 0.510.